The van der Waals surface area contributed by atoms with E-state index in [2.05, 4.69) is 20.2 Å². The fraction of sp³-hybridized carbons (Fsp3) is 0.389. The van der Waals surface area contributed by atoms with E-state index in [1.807, 2.05) is 6.92 Å². The molecule has 2 aromatic rings. The summed E-state index contributed by atoms with van der Waals surface area (Å²) in [5.41, 5.74) is 7.23. The standard InChI is InChI=1S/C18H22FN5O/c1-12-15(13-4-5-16(19)14(10-13)17(20)25)11-22-18(23-12)21-6-9-24-7-2-3-8-24/h4-5,10-11H,2-3,6-9H2,1H3,(H2,20,25)(H,21,22,23). The number of nitrogens with two attached hydrogens (primary N) is 1. The van der Waals surface area contributed by atoms with Gasteiger partial charge in [0.25, 0.3) is 5.91 Å². The van der Waals surface area contributed by atoms with Crippen molar-refractivity contribution in [1.82, 2.24) is 14.9 Å². The molecule has 3 rings (SSSR count). The minimum Gasteiger partial charge on any atom is -0.366 e. The molecule has 3 N–H and O–H groups in total. The van der Waals surface area contributed by atoms with Crippen LogP contribution in [0.1, 0.15) is 28.9 Å². The molecule has 1 amide bonds. The summed E-state index contributed by atoms with van der Waals surface area (Å²) < 4.78 is 13.6. The monoisotopic (exact) mass is 343 g/mol. The molecule has 0 bridgehead atoms. The van der Waals surface area contributed by atoms with Crippen molar-refractivity contribution in [2.75, 3.05) is 31.5 Å². The van der Waals surface area contributed by atoms with Gasteiger partial charge in [-0.3, -0.25) is 4.79 Å². The molecule has 1 aliphatic heterocycles. The van der Waals surface area contributed by atoms with E-state index in [-0.39, 0.29) is 5.56 Å². The molecule has 0 saturated carbocycles. The van der Waals surface area contributed by atoms with Crippen molar-refractivity contribution >= 4 is 11.9 Å². The van der Waals surface area contributed by atoms with Gasteiger partial charge in [0, 0.05) is 24.8 Å². The summed E-state index contributed by atoms with van der Waals surface area (Å²) in [6.07, 6.45) is 4.23. The van der Waals surface area contributed by atoms with E-state index in [0.29, 0.717) is 11.5 Å². The van der Waals surface area contributed by atoms with Gasteiger partial charge in [-0.25, -0.2) is 14.4 Å². The van der Waals surface area contributed by atoms with E-state index in [1.165, 1.54) is 25.0 Å². The molecule has 7 heteroatoms. The molecule has 1 fully saturated rings. The van der Waals surface area contributed by atoms with Gasteiger partial charge >= 0.3 is 0 Å². The van der Waals surface area contributed by atoms with E-state index >= 15 is 0 Å². The number of aryl methyl sites for hydroxylation is 1. The number of hydrogen-bond donors (Lipinski definition) is 2. The molecule has 0 aliphatic carbocycles. The number of primary amides is 1. The quantitative estimate of drug-likeness (QED) is 0.840. The fourth-order valence-electron chi connectivity index (χ4n) is 3.05. The summed E-state index contributed by atoms with van der Waals surface area (Å²) in [7, 11) is 0. The molecular formula is C18H22FN5O. The maximum atomic E-state index is 13.6. The lowest BCUT2D eigenvalue weighted by molar-refractivity contribution is 0.0996. The fourth-order valence-corrected chi connectivity index (χ4v) is 3.05. The van der Waals surface area contributed by atoms with E-state index in [0.717, 1.165) is 37.4 Å². The molecule has 25 heavy (non-hydrogen) atoms. The normalized spacial score (nSPS) is 14.6. The average molecular weight is 343 g/mol. The number of benzene rings is 1. The van der Waals surface area contributed by atoms with Crippen molar-refractivity contribution in [3.63, 3.8) is 0 Å². The molecular weight excluding hydrogens is 321 g/mol. The number of aromatic nitrogens is 2. The molecule has 1 saturated heterocycles. The van der Waals surface area contributed by atoms with Crippen LogP contribution in [0.25, 0.3) is 11.1 Å². The number of likely N-dealkylation sites (tertiary alicyclic amines) is 1. The predicted octanol–water partition coefficient (Wildman–Crippen LogP) is 2.20. The Bertz CT molecular complexity index is 774. The number of carbonyl (C=O) groups excluding carboxylic acids is 1. The van der Waals surface area contributed by atoms with Crippen molar-refractivity contribution in [2.45, 2.75) is 19.8 Å². The van der Waals surface area contributed by atoms with Crippen LogP contribution in [0.2, 0.25) is 0 Å². The second-order valence-electron chi connectivity index (χ2n) is 6.23. The smallest absolute Gasteiger partial charge is 0.251 e. The summed E-state index contributed by atoms with van der Waals surface area (Å²) in [4.78, 5) is 22.5. The number of amides is 1. The maximum absolute atomic E-state index is 13.6. The second-order valence-corrected chi connectivity index (χ2v) is 6.23. The van der Waals surface area contributed by atoms with Crippen LogP contribution in [0.3, 0.4) is 0 Å². The minimum absolute atomic E-state index is 0.135. The van der Waals surface area contributed by atoms with Crippen LogP contribution < -0.4 is 11.1 Å². The first-order valence-corrected chi connectivity index (χ1v) is 8.44. The minimum atomic E-state index is -0.793. The summed E-state index contributed by atoms with van der Waals surface area (Å²) in [5, 5.41) is 3.23. The first kappa shape index (κ1) is 17.3. The van der Waals surface area contributed by atoms with Gasteiger partial charge in [0.05, 0.1) is 11.3 Å². The van der Waals surface area contributed by atoms with Crippen LogP contribution in [0.5, 0.6) is 0 Å². The van der Waals surface area contributed by atoms with Crippen LogP contribution in [0.15, 0.2) is 24.4 Å². The van der Waals surface area contributed by atoms with Crippen LogP contribution >= 0.6 is 0 Å². The highest BCUT2D eigenvalue weighted by Gasteiger charge is 2.13. The third-order valence-corrected chi connectivity index (χ3v) is 4.43. The van der Waals surface area contributed by atoms with Gasteiger partial charge in [-0.2, -0.15) is 0 Å². The number of anilines is 1. The molecule has 1 aliphatic rings. The summed E-state index contributed by atoms with van der Waals surface area (Å²) in [6.45, 7) is 5.95. The molecule has 0 radical (unpaired) electrons. The zero-order valence-corrected chi connectivity index (χ0v) is 14.3. The number of nitrogens with zero attached hydrogens (tertiary/aromatic N) is 3. The Hall–Kier alpha value is -2.54. The van der Waals surface area contributed by atoms with E-state index in [4.69, 9.17) is 5.73 Å². The highest BCUT2D eigenvalue weighted by Crippen LogP contribution is 2.24. The Morgan fingerprint density at radius 2 is 2.12 bits per heavy atom. The first-order chi connectivity index (χ1) is 12.0. The van der Waals surface area contributed by atoms with Gasteiger partial charge < -0.3 is 16.0 Å². The molecule has 2 heterocycles. The lowest BCUT2D eigenvalue weighted by Crippen LogP contribution is -2.26. The van der Waals surface area contributed by atoms with E-state index in [9.17, 15) is 9.18 Å². The lowest BCUT2D eigenvalue weighted by atomic mass is 10.0. The van der Waals surface area contributed by atoms with Crippen molar-refractivity contribution in [3.8, 4) is 11.1 Å². The van der Waals surface area contributed by atoms with Crippen molar-refractivity contribution in [2.24, 2.45) is 5.73 Å². The van der Waals surface area contributed by atoms with Crippen LogP contribution in [0, 0.1) is 12.7 Å². The summed E-state index contributed by atoms with van der Waals surface area (Å²) in [6, 6.07) is 4.26. The molecule has 0 atom stereocenters. The summed E-state index contributed by atoms with van der Waals surface area (Å²) >= 11 is 0. The summed E-state index contributed by atoms with van der Waals surface area (Å²) in [5.74, 6) is -0.856. The van der Waals surface area contributed by atoms with Crippen molar-refractivity contribution in [1.29, 1.82) is 0 Å². The molecule has 132 valence electrons. The average Bonchev–Trinajstić information content (AvgIpc) is 3.09. The first-order valence-electron chi connectivity index (χ1n) is 8.44. The third-order valence-electron chi connectivity index (χ3n) is 4.43. The van der Waals surface area contributed by atoms with E-state index in [1.54, 1.807) is 12.3 Å². The molecule has 6 nitrogen and oxygen atoms in total. The zero-order chi connectivity index (χ0) is 17.8. The number of nitrogens with one attached hydrogen (secondary N) is 1. The van der Waals surface area contributed by atoms with Crippen molar-refractivity contribution in [3.05, 3.63) is 41.5 Å². The zero-order valence-electron chi connectivity index (χ0n) is 14.3. The maximum Gasteiger partial charge on any atom is 0.251 e. The highest BCUT2D eigenvalue weighted by molar-refractivity contribution is 5.94. The van der Waals surface area contributed by atoms with Crippen LogP contribution in [-0.4, -0.2) is 47.0 Å². The molecule has 1 aromatic carbocycles. The predicted molar refractivity (Wildman–Crippen MR) is 94.8 cm³/mol. The van der Waals surface area contributed by atoms with Gasteiger partial charge in [-0.1, -0.05) is 6.07 Å². The van der Waals surface area contributed by atoms with Gasteiger partial charge in [0.15, 0.2) is 0 Å². The topological polar surface area (TPSA) is 84.1 Å². The Labute approximate surface area is 146 Å². The van der Waals surface area contributed by atoms with Crippen LogP contribution in [-0.2, 0) is 0 Å². The van der Waals surface area contributed by atoms with Gasteiger partial charge in [0.1, 0.15) is 5.82 Å². The Morgan fingerprint density at radius 3 is 2.80 bits per heavy atom. The van der Waals surface area contributed by atoms with Gasteiger partial charge in [0.2, 0.25) is 5.95 Å². The van der Waals surface area contributed by atoms with Crippen LogP contribution in [0.4, 0.5) is 10.3 Å². The van der Waals surface area contributed by atoms with E-state index < -0.39 is 11.7 Å². The number of halogens is 1. The number of hydrogen-bond acceptors (Lipinski definition) is 5. The molecule has 1 aromatic heterocycles. The molecule has 0 unspecified atom stereocenters. The van der Waals surface area contributed by atoms with Gasteiger partial charge in [-0.05, 0) is 50.6 Å². The lowest BCUT2D eigenvalue weighted by Gasteiger charge is -2.15. The van der Waals surface area contributed by atoms with Gasteiger partial charge in [-0.15, -0.1) is 0 Å². The second kappa shape index (κ2) is 7.57. The SMILES string of the molecule is Cc1nc(NCCN2CCCC2)ncc1-c1ccc(F)c(C(N)=O)c1. The largest absolute Gasteiger partial charge is 0.366 e. The Morgan fingerprint density at radius 1 is 1.36 bits per heavy atom. The van der Waals surface area contributed by atoms with Crippen molar-refractivity contribution < 1.29 is 9.18 Å². The Kier molecular flexibility index (Phi) is 5.23. The highest BCUT2D eigenvalue weighted by atomic mass is 19.1. The Balaban J connectivity index is 1.71. The number of carbonyl (C=O) groups is 1. The molecule has 0 spiro atoms. The third kappa shape index (κ3) is 4.11. The number of rotatable bonds is 6.